The number of nitrogens with zero attached hydrogens (tertiary/aromatic N) is 6. The van der Waals surface area contributed by atoms with E-state index in [1.807, 2.05) is 24.1 Å². The summed E-state index contributed by atoms with van der Waals surface area (Å²) >= 11 is 6.40. The van der Waals surface area contributed by atoms with E-state index < -0.39 is 0 Å². The summed E-state index contributed by atoms with van der Waals surface area (Å²) < 4.78 is 7.11. The van der Waals surface area contributed by atoms with Crippen molar-refractivity contribution < 1.29 is 9.53 Å². The van der Waals surface area contributed by atoms with E-state index in [0.29, 0.717) is 35.3 Å². The number of carbonyl (C=O) groups is 1. The Labute approximate surface area is 210 Å². The van der Waals surface area contributed by atoms with Crippen LogP contribution in [0.3, 0.4) is 0 Å². The van der Waals surface area contributed by atoms with Crippen LogP contribution in [-0.2, 0) is 0 Å². The molecular formula is C26H29ClN6O2. The molecule has 4 heterocycles. The fourth-order valence-corrected chi connectivity index (χ4v) is 5.44. The lowest BCUT2D eigenvalue weighted by Gasteiger charge is -2.35. The highest BCUT2D eigenvalue weighted by atomic mass is 35.5. The van der Waals surface area contributed by atoms with Gasteiger partial charge in [0.2, 0.25) is 0 Å². The van der Waals surface area contributed by atoms with Crippen molar-refractivity contribution in [2.24, 2.45) is 11.8 Å². The Morgan fingerprint density at radius 3 is 2.83 bits per heavy atom. The Kier molecular flexibility index (Phi) is 6.28. The van der Waals surface area contributed by atoms with Crippen molar-refractivity contribution in [1.29, 1.82) is 5.26 Å². The number of likely N-dealkylation sites (tertiary alicyclic amines) is 1. The monoisotopic (exact) mass is 492 g/mol. The number of aromatic nitrogens is 3. The Hall–Kier alpha value is -3.31. The van der Waals surface area contributed by atoms with Gasteiger partial charge in [-0.2, -0.15) is 10.4 Å². The van der Waals surface area contributed by atoms with E-state index in [2.05, 4.69) is 17.9 Å². The molecule has 2 saturated heterocycles. The Balaban J connectivity index is 1.47. The summed E-state index contributed by atoms with van der Waals surface area (Å²) in [6.45, 7) is 6.28. The molecule has 2 aliphatic rings. The molecule has 5 rings (SSSR count). The third-order valence-electron chi connectivity index (χ3n) is 7.21. The maximum absolute atomic E-state index is 13.6. The molecule has 2 fully saturated rings. The number of rotatable bonds is 4. The first-order chi connectivity index (χ1) is 16.9. The molecule has 9 heteroatoms. The summed E-state index contributed by atoms with van der Waals surface area (Å²) in [6.07, 6.45) is 4.77. The number of ether oxygens (including phenoxy) is 1. The smallest absolute Gasteiger partial charge is 0.256 e. The molecule has 0 aliphatic carbocycles. The summed E-state index contributed by atoms with van der Waals surface area (Å²) in [4.78, 5) is 22.5. The van der Waals surface area contributed by atoms with Crippen LogP contribution in [0.5, 0.6) is 5.75 Å². The van der Waals surface area contributed by atoms with Gasteiger partial charge in [0, 0.05) is 37.5 Å². The lowest BCUT2D eigenvalue weighted by Crippen LogP contribution is -2.38. The van der Waals surface area contributed by atoms with Gasteiger partial charge in [0.1, 0.15) is 11.6 Å². The van der Waals surface area contributed by atoms with E-state index in [9.17, 15) is 10.1 Å². The molecule has 35 heavy (non-hydrogen) atoms. The number of methoxy groups -OCH3 is 1. The number of halogens is 1. The topological polar surface area (TPSA) is 86.8 Å². The van der Waals surface area contributed by atoms with Crippen LogP contribution in [-0.4, -0.2) is 52.1 Å². The molecule has 182 valence electrons. The SMILES string of the molecule is COc1ccc(Cl)c(C(=O)N2CCCC[C@H]2c2cc3nc(N4C[C@@H](C#N)[C@@H](C)C4)c(C)cn3n2)c1. The highest BCUT2D eigenvalue weighted by Gasteiger charge is 2.33. The van der Waals surface area contributed by atoms with Gasteiger partial charge in [0.25, 0.3) is 5.91 Å². The van der Waals surface area contributed by atoms with E-state index in [1.54, 1.807) is 29.8 Å². The number of benzene rings is 1. The molecule has 0 bridgehead atoms. The number of carbonyl (C=O) groups excluding carboxylic acids is 1. The number of hydrogen-bond donors (Lipinski definition) is 0. The van der Waals surface area contributed by atoms with Crippen LogP contribution in [0, 0.1) is 30.1 Å². The maximum atomic E-state index is 13.6. The number of fused-ring (bicyclic) bond motifs is 1. The molecule has 0 unspecified atom stereocenters. The normalized spacial score (nSPS) is 22.4. The third kappa shape index (κ3) is 4.30. The van der Waals surface area contributed by atoms with E-state index in [-0.39, 0.29) is 17.9 Å². The second-order valence-electron chi connectivity index (χ2n) is 9.59. The quantitative estimate of drug-likeness (QED) is 0.526. The van der Waals surface area contributed by atoms with Gasteiger partial charge in [0.05, 0.1) is 41.4 Å². The maximum Gasteiger partial charge on any atom is 0.256 e. The second kappa shape index (κ2) is 9.38. The molecule has 3 atom stereocenters. The molecule has 0 N–H and O–H groups in total. The summed E-state index contributed by atoms with van der Waals surface area (Å²) in [7, 11) is 1.57. The van der Waals surface area contributed by atoms with Crippen LogP contribution in [0.25, 0.3) is 5.65 Å². The zero-order valence-electron chi connectivity index (χ0n) is 20.2. The van der Waals surface area contributed by atoms with Gasteiger partial charge >= 0.3 is 0 Å². The minimum absolute atomic E-state index is 0.0122. The zero-order chi connectivity index (χ0) is 24.7. The van der Waals surface area contributed by atoms with Crippen LogP contribution in [0.2, 0.25) is 5.02 Å². The van der Waals surface area contributed by atoms with Crippen molar-refractivity contribution in [2.75, 3.05) is 31.6 Å². The Morgan fingerprint density at radius 1 is 1.26 bits per heavy atom. The minimum atomic E-state index is -0.154. The number of piperidine rings is 1. The highest BCUT2D eigenvalue weighted by Crippen LogP contribution is 2.35. The summed E-state index contributed by atoms with van der Waals surface area (Å²) in [6, 6.07) is 9.39. The van der Waals surface area contributed by atoms with Crippen molar-refractivity contribution in [1.82, 2.24) is 19.5 Å². The van der Waals surface area contributed by atoms with E-state index in [1.165, 1.54) is 0 Å². The summed E-state index contributed by atoms with van der Waals surface area (Å²) in [5.41, 5.74) is 3.02. The van der Waals surface area contributed by atoms with Crippen molar-refractivity contribution in [3.8, 4) is 11.8 Å². The van der Waals surface area contributed by atoms with E-state index in [0.717, 1.165) is 48.5 Å². The van der Waals surface area contributed by atoms with Crippen molar-refractivity contribution >= 4 is 29.0 Å². The number of nitriles is 1. The van der Waals surface area contributed by atoms with Crippen LogP contribution in [0.1, 0.15) is 53.8 Å². The third-order valence-corrected chi connectivity index (χ3v) is 7.54. The molecular weight excluding hydrogens is 464 g/mol. The van der Waals surface area contributed by atoms with Gasteiger partial charge in [-0.1, -0.05) is 18.5 Å². The molecule has 2 aromatic heterocycles. The van der Waals surface area contributed by atoms with E-state index >= 15 is 0 Å². The minimum Gasteiger partial charge on any atom is -0.497 e. The molecule has 0 radical (unpaired) electrons. The summed E-state index contributed by atoms with van der Waals surface area (Å²) in [5, 5.41) is 14.7. The molecule has 1 aromatic carbocycles. The average Bonchev–Trinajstić information content (AvgIpc) is 3.45. The predicted molar refractivity (Wildman–Crippen MR) is 134 cm³/mol. The van der Waals surface area contributed by atoms with Crippen LogP contribution < -0.4 is 9.64 Å². The van der Waals surface area contributed by atoms with Gasteiger partial charge in [-0.05, 0) is 50.3 Å². The van der Waals surface area contributed by atoms with Crippen LogP contribution in [0.4, 0.5) is 5.82 Å². The molecule has 3 aromatic rings. The van der Waals surface area contributed by atoms with Gasteiger partial charge in [0.15, 0.2) is 5.65 Å². The van der Waals surface area contributed by atoms with E-state index in [4.69, 9.17) is 26.4 Å². The second-order valence-corrected chi connectivity index (χ2v) is 10.0. The fourth-order valence-electron chi connectivity index (χ4n) is 5.24. The van der Waals surface area contributed by atoms with Gasteiger partial charge in [-0.3, -0.25) is 4.79 Å². The predicted octanol–water partition coefficient (Wildman–Crippen LogP) is 4.66. The van der Waals surface area contributed by atoms with Crippen LogP contribution in [0.15, 0.2) is 30.5 Å². The number of anilines is 1. The first-order valence-corrected chi connectivity index (χ1v) is 12.4. The number of amides is 1. The molecule has 0 spiro atoms. The molecule has 2 aliphatic heterocycles. The fraction of sp³-hybridized carbons (Fsp3) is 0.462. The van der Waals surface area contributed by atoms with Crippen molar-refractivity contribution in [3.63, 3.8) is 0 Å². The van der Waals surface area contributed by atoms with Crippen molar-refractivity contribution in [2.45, 2.75) is 39.2 Å². The van der Waals surface area contributed by atoms with Gasteiger partial charge in [-0.15, -0.1) is 0 Å². The Morgan fingerprint density at radius 2 is 2.09 bits per heavy atom. The summed E-state index contributed by atoms with van der Waals surface area (Å²) in [5.74, 6) is 1.70. The number of aryl methyl sites for hydroxylation is 1. The Bertz CT molecular complexity index is 1320. The molecule has 0 saturated carbocycles. The van der Waals surface area contributed by atoms with Crippen molar-refractivity contribution in [3.05, 3.63) is 52.3 Å². The molecule has 8 nitrogen and oxygen atoms in total. The van der Waals surface area contributed by atoms with Gasteiger partial charge < -0.3 is 14.5 Å². The zero-order valence-corrected chi connectivity index (χ0v) is 21.0. The lowest BCUT2D eigenvalue weighted by atomic mass is 9.98. The first kappa shape index (κ1) is 23.4. The largest absolute Gasteiger partial charge is 0.497 e. The average molecular weight is 493 g/mol. The number of hydrogen-bond acceptors (Lipinski definition) is 6. The molecule has 1 amide bonds. The standard InChI is InChI=1S/C26H29ClN6O2/c1-16-13-31(15-18(16)12-28)25-17(2)14-33-24(29-25)11-22(30-33)23-6-4-5-9-32(23)26(34)20-10-19(35-3)7-8-21(20)27/h7-8,10-11,14,16,18,23H,4-6,9,13,15H2,1-3H3/t16-,18+,23-/m0/s1. The lowest BCUT2D eigenvalue weighted by molar-refractivity contribution is 0.0605. The van der Waals surface area contributed by atoms with Gasteiger partial charge in [-0.25, -0.2) is 9.50 Å². The highest BCUT2D eigenvalue weighted by molar-refractivity contribution is 6.33. The van der Waals surface area contributed by atoms with Crippen LogP contribution >= 0.6 is 11.6 Å². The first-order valence-electron chi connectivity index (χ1n) is 12.1.